The van der Waals surface area contributed by atoms with E-state index in [-0.39, 0.29) is 11.9 Å². The lowest BCUT2D eigenvalue weighted by Gasteiger charge is -2.22. The van der Waals surface area contributed by atoms with E-state index in [2.05, 4.69) is 21.8 Å². The molecule has 0 spiro atoms. The maximum atomic E-state index is 8.68. The zero-order chi connectivity index (χ0) is 13.7. The van der Waals surface area contributed by atoms with Crippen molar-refractivity contribution in [2.75, 3.05) is 37.8 Å². The summed E-state index contributed by atoms with van der Waals surface area (Å²) in [6.45, 7) is 4.52. The summed E-state index contributed by atoms with van der Waals surface area (Å²) in [7, 11) is 0. The van der Waals surface area contributed by atoms with Gasteiger partial charge in [-0.2, -0.15) is 4.98 Å². The Morgan fingerprint density at radius 2 is 2.26 bits per heavy atom. The van der Waals surface area contributed by atoms with Gasteiger partial charge in [0.25, 0.3) is 0 Å². The van der Waals surface area contributed by atoms with Gasteiger partial charge < -0.3 is 14.7 Å². The SMILES string of the molecule is CCN(CCOCCO)c1nc(Cl)nc2ccsc12. The summed E-state index contributed by atoms with van der Waals surface area (Å²) in [6.07, 6.45) is 0. The topological polar surface area (TPSA) is 58.5 Å². The Morgan fingerprint density at radius 1 is 1.42 bits per heavy atom. The second-order valence-corrected chi connectivity index (χ2v) is 5.12. The minimum atomic E-state index is 0.0423. The Bertz CT molecular complexity index is 535. The number of rotatable bonds is 7. The molecule has 0 bridgehead atoms. The van der Waals surface area contributed by atoms with Crippen LogP contribution in [0, 0.1) is 0 Å². The quantitative estimate of drug-likeness (QED) is 0.627. The predicted molar refractivity (Wildman–Crippen MR) is 78.2 cm³/mol. The molecule has 1 N–H and O–H groups in total. The fraction of sp³-hybridized carbons (Fsp3) is 0.500. The van der Waals surface area contributed by atoms with Crippen molar-refractivity contribution in [3.8, 4) is 0 Å². The number of hydrogen-bond donors (Lipinski definition) is 1. The van der Waals surface area contributed by atoms with E-state index in [1.165, 1.54) is 0 Å². The lowest BCUT2D eigenvalue weighted by molar-refractivity contribution is 0.0967. The van der Waals surface area contributed by atoms with Gasteiger partial charge >= 0.3 is 0 Å². The molecule has 0 fully saturated rings. The summed E-state index contributed by atoms with van der Waals surface area (Å²) in [5.41, 5.74) is 0.870. The molecule has 0 amide bonds. The van der Waals surface area contributed by atoms with Crippen LogP contribution in [0.3, 0.4) is 0 Å². The molecule has 7 heteroatoms. The Labute approximate surface area is 120 Å². The third-order valence-electron chi connectivity index (χ3n) is 2.68. The van der Waals surface area contributed by atoms with Crippen molar-refractivity contribution in [2.45, 2.75) is 6.92 Å². The van der Waals surface area contributed by atoms with Gasteiger partial charge in [-0.1, -0.05) is 0 Å². The molecule has 2 heterocycles. The summed E-state index contributed by atoms with van der Waals surface area (Å²) in [5, 5.41) is 10.9. The van der Waals surface area contributed by atoms with Gasteiger partial charge in [-0.25, -0.2) is 4.98 Å². The molecule has 2 aromatic rings. The standard InChI is InChI=1S/C12H16ClN3O2S/c1-2-16(4-6-18-7-5-17)11-10-9(3-8-19-10)14-12(13)15-11/h3,8,17H,2,4-7H2,1H3. The van der Waals surface area contributed by atoms with E-state index in [1.807, 2.05) is 11.4 Å². The Morgan fingerprint density at radius 3 is 3.00 bits per heavy atom. The van der Waals surface area contributed by atoms with Crippen molar-refractivity contribution in [3.63, 3.8) is 0 Å². The van der Waals surface area contributed by atoms with Crippen LogP contribution in [-0.2, 0) is 4.74 Å². The summed E-state index contributed by atoms with van der Waals surface area (Å²) in [5.74, 6) is 0.847. The van der Waals surface area contributed by atoms with Crippen molar-refractivity contribution in [2.24, 2.45) is 0 Å². The third kappa shape index (κ3) is 3.54. The zero-order valence-electron chi connectivity index (χ0n) is 10.7. The monoisotopic (exact) mass is 301 g/mol. The number of halogens is 1. The molecule has 104 valence electrons. The van der Waals surface area contributed by atoms with Gasteiger partial charge in [0.1, 0.15) is 0 Å². The fourth-order valence-electron chi connectivity index (χ4n) is 1.79. The minimum absolute atomic E-state index is 0.0423. The molecule has 0 unspecified atom stereocenters. The Kier molecular flexibility index (Phi) is 5.33. The number of aliphatic hydroxyl groups is 1. The molecule has 2 rings (SSSR count). The smallest absolute Gasteiger partial charge is 0.224 e. The lowest BCUT2D eigenvalue weighted by atomic mass is 10.4. The minimum Gasteiger partial charge on any atom is -0.394 e. The van der Waals surface area contributed by atoms with Gasteiger partial charge in [-0.15, -0.1) is 11.3 Å². The second kappa shape index (κ2) is 7.00. The van der Waals surface area contributed by atoms with Crippen LogP contribution in [0.5, 0.6) is 0 Å². The molecule has 0 aromatic carbocycles. The molecular weight excluding hydrogens is 286 g/mol. The van der Waals surface area contributed by atoms with Crippen LogP contribution in [0.15, 0.2) is 11.4 Å². The highest BCUT2D eigenvalue weighted by Gasteiger charge is 2.13. The van der Waals surface area contributed by atoms with Gasteiger partial charge in [0.15, 0.2) is 5.82 Å². The first-order valence-corrected chi connectivity index (χ1v) is 7.36. The van der Waals surface area contributed by atoms with E-state index in [0.29, 0.717) is 19.8 Å². The van der Waals surface area contributed by atoms with Crippen LogP contribution in [0.4, 0.5) is 5.82 Å². The van der Waals surface area contributed by atoms with Crippen molar-refractivity contribution >= 4 is 39.0 Å². The number of hydrogen-bond acceptors (Lipinski definition) is 6. The van der Waals surface area contributed by atoms with E-state index < -0.39 is 0 Å². The normalized spacial score (nSPS) is 11.1. The molecule has 0 aliphatic heterocycles. The average molecular weight is 302 g/mol. The molecule has 2 aromatic heterocycles. The van der Waals surface area contributed by atoms with Crippen molar-refractivity contribution in [1.29, 1.82) is 0 Å². The van der Waals surface area contributed by atoms with Crippen LogP contribution >= 0.6 is 22.9 Å². The molecule has 0 saturated heterocycles. The van der Waals surface area contributed by atoms with E-state index in [4.69, 9.17) is 21.4 Å². The van der Waals surface area contributed by atoms with E-state index >= 15 is 0 Å². The lowest BCUT2D eigenvalue weighted by Crippen LogP contribution is -2.28. The number of thiophene rings is 1. The van der Waals surface area contributed by atoms with Crippen LogP contribution in [0.2, 0.25) is 5.28 Å². The number of aliphatic hydroxyl groups excluding tert-OH is 1. The number of ether oxygens (including phenoxy) is 1. The van der Waals surface area contributed by atoms with Gasteiger partial charge in [0.05, 0.1) is 30.0 Å². The maximum Gasteiger partial charge on any atom is 0.224 e. The molecule has 0 atom stereocenters. The maximum absolute atomic E-state index is 8.68. The highest BCUT2D eigenvalue weighted by molar-refractivity contribution is 7.17. The first kappa shape index (κ1) is 14.5. The summed E-state index contributed by atoms with van der Waals surface area (Å²) < 4.78 is 6.33. The number of fused-ring (bicyclic) bond motifs is 1. The first-order valence-electron chi connectivity index (χ1n) is 6.10. The largest absolute Gasteiger partial charge is 0.394 e. The second-order valence-electron chi connectivity index (χ2n) is 3.87. The first-order chi connectivity index (χ1) is 9.26. The highest BCUT2D eigenvalue weighted by atomic mass is 35.5. The molecule has 5 nitrogen and oxygen atoms in total. The summed E-state index contributed by atoms with van der Waals surface area (Å²) in [4.78, 5) is 10.6. The Balaban J connectivity index is 2.17. The van der Waals surface area contributed by atoms with Crippen LogP contribution in [-0.4, -0.2) is 48.0 Å². The van der Waals surface area contributed by atoms with E-state index in [9.17, 15) is 0 Å². The van der Waals surface area contributed by atoms with Gasteiger partial charge in [0.2, 0.25) is 5.28 Å². The van der Waals surface area contributed by atoms with Gasteiger partial charge in [-0.05, 0) is 30.0 Å². The van der Waals surface area contributed by atoms with Crippen LogP contribution in [0.1, 0.15) is 6.92 Å². The van der Waals surface area contributed by atoms with Crippen LogP contribution < -0.4 is 4.90 Å². The average Bonchev–Trinajstić information content (AvgIpc) is 2.86. The van der Waals surface area contributed by atoms with Crippen molar-refractivity contribution in [1.82, 2.24) is 9.97 Å². The zero-order valence-corrected chi connectivity index (χ0v) is 12.2. The molecule has 19 heavy (non-hydrogen) atoms. The molecule has 0 radical (unpaired) electrons. The fourth-order valence-corrected chi connectivity index (χ4v) is 2.81. The van der Waals surface area contributed by atoms with Gasteiger partial charge in [-0.3, -0.25) is 0 Å². The highest BCUT2D eigenvalue weighted by Crippen LogP contribution is 2.29. The molecule has 0 saturated carbocycles. The molecule has 0 aliphatic carbocycles. The number of aromatic nitrogens is 2. The summed E-state index contributed by atoms with van der Waals surface area (Å²) in [6, 6.07) is 1.94. The predicted octanol–water partition coefficient (Wildman–Crippen LogP) is 2.18. The number of nitrogens with zero attached hydrogens (tertiary/aromatic N) is 3. The third-order valence-corrected chi connectivity index (χ3v) is 3.75. The van der Waals surface area contributed by atoms with Crippen LogP contribution in [0.25, 0.3) is 10.2 Å². The molecular formula is C12H16ClN3O2S. The van der Waals surface area contributed by atoms with Gasteiger partial charge in [0, 0.05) is 13.1 Å². The molecule has 0 aliphatic rings. The van der Waals surface area contributed by atoms with E-state index in [0.717, 1.165) is 22.6 Å². The van der Waals surface area contributed by atoms with Crippen molar-refractivity contribution in [3.05, 3.63) is 16.7 Å². The van der Waals surface area contributed by atoms with Crippen molar-refractivity contribution < 1.29 is 9.84 Å². The number of likely N-dealkylation sites (N-methyl/N-ethyl adjacent to an activating group) is 1. The Hall–Kier alpha value is -0.950. The number of anilines is 1. The van der Waals surface area contributed by atoms with E-state index in [1.54, 1.807) is 11.3 Å². The summed E-state index contributed by atoms with van der Waals surface area (Å²) >= 11 is 7.56.